The first-order chi connectivity index (χ1) is 21.2. The number of ketones is 2. The Bertz CT molecular complexity index is 1650. The number of aromatic hydroxyl groups is 1. The first-order valence-electron chi connectivity index (χ1n) is 14.8. The molecule has 3 aliphatic rings. The summed E-state index contributed by atoms with van der Waals surface area (Å²) in [7, 11) is 8.69. The number of hydrogen-bond donors (Lipinski definition) is 6. The van der Waals surface area contributed by atoms with Crippen LogP contribution in [-0.4, -0.2) is 108 Å². The van der Waals surface area contributed by atoms with E-state index in [4.69, 9.17) is 10.5 Å². The average Bonchev–Trinajstić information content (AvgIpc) is 2.97. The van der Waals surface area contributed by atoms with Gasteiger partial charge in [0.1, 0.15) is 28.6 Å². The van der Waals surface area contributed by atoms with E-state index in [1.54, 1.807) is 27.3 Å². The highest BCUT2D eigenvalue weighted by Crippen LogP contribution is 2.54. The number of likely N-dealkylation sites (N-methyl/N-ethyl adjacent to an activating group) is 2. The van der Waals surface area contributed by atoms with E-state index in [0.717, 1.165) is 24.2 Å². The number of carbonyl (C=O) groups excluding carboxylic acids is 3. The van der Waals surface area contributed by atoms with E-state index >= 15 is 0 Å². The van der Waals surface area contributed by atoms with Gasteiger partial charge in [0.05, 0.1) is 18.7 Å². The molecular formula is C33H40N4O8. The lowest BCUT2D eigenvalue weighted by atomic mass is 9.57. The zero-order valence-electron chi connectivity index (χ0n) is 26.0. The normalized spacial score (nSPS) is 24.6. The number of carbonyl (C=O) groups is 3. The summed E-state index contributed by atoms with van der Waals surface area (Å²) in [6.07, 6.45) is 0.181. The molecule has 240 valence electrons. The third-order valence-corrected chi connectivity index (χ3v) is 9.22. The van der Waals surface area contributed by atoms with E-state index in [1.165, 1.54) is 11.0 Å². The fourth-order valence-corrected chi connectivity index (χ4v) is 7.11. The zero-order chi connectivity index (χ0) is 33.0. The van der Waals surface area contributed by atoms with Crippen molar-refractivity contribution in [1.82, 2.24) is 15.1 Å². The van der Waals surface area contributed by atoms with E-state index in [9.17, 15) is 34.8 Å². The fraction of sp³-hybridized carbons (Fsp3) is 0.424. The molecule has 1 unspecified atom stereocenters. The maximum Gasteiger partial charge on any atom is 0.255 e. The van der Waals surface area contributed by atoms with Crippen molar-refractivity contribution in [2.24, 2.45) is 17.6 Å². The van der Waals surface area contributed by atoms with Crippen LogP contribution in [0, 0.1) is 11.8 Å². The minimum atomic E-state index is -2.69. The zero-order valence-corrected chi connectivity index (χ0v) is 26.0. The van der Waals surface area contributed by atoms with Crippen molar-refractivity contribution in [2.75, 3.05) is 48.4 Å². The van der Waals surface area contributed by atoms with Gasteiger partial charge in [-0.3, -0.25) is 19.3 Å². The van der Waals surface area contributed by atoms with Gasteiger partial charge >= 0.3 is 0 Å². The predicted molar refractivity (Wildman–Crippen MR) is 166 cm³/mol. The molecule has 45 heavy (non-hydrogen) atoms. The van der Waals surface area contributed by atoms with E-state index in [2.05, 4.69) is 10.2 Å². The molecule has 0 heterocycles. The highest BCUT2D eigenvalue weighted by Gasteiger charge is 2.64. The number of nitrogens with zero attached hydrogens (tertiary/aromatic N) is 2. The van der Waals surface area contributed by atoms with Gasteiger partial charge in [-0.25, -0.2) is 0 Å². The Kier molecular flexibility index (Phi) is 8.53. The number of nitrogens with one attached hydrogen (secondary N) is 1. The largest absolute Gasteiger partial charge is 0.508 e. The fourth-order valence-electron chi connectivity index (χ4n) is 7.11. The molecule has 2 aromatic carbocycles. The van der Waals surface area contributed by atoms with Gasteiger partial charge in [-0.2, -0.15) is 0 Å². The molecule has 4 atom stereocenters. The molecule has 1 saturated carbocycles. The van der Waals surface area contributed by atoms with Gasteiger partial charge in [0, 0.05) is 36.7 Å². The topological polar surface area (TPSA) is 186 Å². The quantitative estimate of drug-likeness (QED) is 0.175. The number of phenolic OH excluding ortho intramolecular Hbond substituents is 1. The van der Waals surface area contributed by atoms with Crippen LogP contribution in [-0.2, 0) is 27.3 Å². The third kappa shape index (κ3) is 5.17. The minimum Gasteiger partial charge on any atom is -0.508 e. The number of benzene rings is 2. The molecule has 0 aromatic heterocycles. The Hall–Kier alpha value is -4.23. The van der Waals surface area contributed by atoms with Crippen molar-refractivity contribution in [3.8, 4) is 22.6 Å². The molecule has 3 aliphatic carbocycles. The number of fused-ring (bicyclic) bond motifs is 3. The summed E-state index contributed by atoms with van der Waals surface area (Å²) in [5, 5.41) is 48.9. The van der Waals surface area contributed by atoms with Gasteiger partial charge in [0.2, 0.25) is 5.78 Å². The van der Waals surface area contributed by atoms with Crippen molar-refractivity contribution in [3.63, 3.8) is 0 Å². The highest BCUT2D eigenvalue weighted by atomic mass is 16.5. The smallest absolute Gasteiger partial charge is 0.255 e. The molecule has 5 rings (SSSR count). The number of hydrogen-bond acceptors (Lipinski definition) is 11. The number of aliphatic hydroxyl groups is 3. The first-order valence-corrected chi connectivity index (χ1v) is 14.8. The van der Waals surface area contributed by atoms with Gasteiger partial charge < -0.3 is 41.1 Å². The molecule has 0 aliphatic heterocycles. The summed E-state index contributed by atoms with van der Waals surface area (Å²) < 4.78 is 5.70. The Labute approximate surface area is 261 Å². The maximum absolute atomic E-state index is 14.1. The second kappa shape index (κ2) is 11.9. The Morgan fingerprint density at radius 2 is 1.80 bits per heavy atom. The second-order valence-corrected chi connectivity index (χ2v) is 12.5. The lowest BCUT2D eigenvalue weighted by Gasteiger charge is -2.50. The molecule has 1 amide bonds. The minimum absolute atomic E-state index is 0.00777. The molecule has 1 fully saturated rings. The number of amides is 1. The number of primary amides is 1. The van der Waals surface area contributed by atoms with Crippen LogP contribution in [0.2, 0.25) is 0 Å². The van der Waals surface area contributed by atoms with Crippen LogP contribution in [0.1, 0.15) is 23.1 Å². The van der Waals surface area contributed by atoms with Crippen molar-refractivity contribution >= 4 is 23.2 Å². The van der Waals surface area contributed by atoms with Crippen molar-refractivity contribution in [2.45, 2.75) is 31.0 Å². The number of methoxy groups -OCH3 is 1. The molecule has 2 aromatic rings. The summed E-state index contributed by atoms with van der Waals surface area (Å²) in [5.74, 6) is -6.30. The highest BCUT2D eigenvalue weighted by molar-refractivity contribution is 6.24. The van der Waals surface area contributed by atoms with Gasteiger partial charge in [0.25, 0.3) is 5.91 Å². The van der Waals surface area contributed by atoms with E-state index in [0.29, 0.717) is 23.4 Å². The number of nitrogens with two attached hydrogens (primary N) is 1. The maximum atomic E-state index is 14.1. The number of ether oxygens (including phenoxy) is 1. The monoisotopic (exact) mass is 620 g/mol. The molecule has 0 radical (unpaired) electrons. The molecule has 12 heteroatoms. The van der Waals surface area contributed by atoms with Crippen LogP contribution < -0.4 is 15.8 Å². The Balaban J connectivity index is 1.64. The SMILES string of the molecule is COc1ccc(CNCCN(C)C)cc1-c1ccc(O)c2c1C[C@@H]1C[C@@H]3C(N(C)C)C(=O)C(C(N)=O)=C(O)[C@]3(O)C(=O)C1=C2O. The molecule has 0 bridgehead atoms. The molecule has 12 nitrogen and oxygen atoms in total. The van der Waals surface area contributed by atoms with Gasteiger partial charge in [-0.05, 0) is 81.8 Å². The number of rotatable bonds is 9. The van der Waals surface area contributed by atoms with Crippen LogP contribution in [0.5, 0.6) is 11.5 Å². The summed E-state index contributed by atoms with van der Waals surface area (Å²) in [5.41, 5.74) is 4.66. The summed E-state index contributed by atoms with van der Waals surface area (Å²) in [6.45, 7) is 2.26. The first kappa shape index (κ1) is 32.2. The van der Waals surface area contributed by atoms with E-state index in [1.807, 2.05) is 32.3 Å². The third-order valence-electron chi connectivity index (χ3n) is 9.22. The molecule has 7 N–H and O–H groups in total. The predicted octanol–water partition coefficient (Wildman–Crippen LogP) is 1.29. The van der Waals surface area contributed by atoms with Crippen LogP contribution in [0.4, 0.5) is 0 Å². The van der Waals surface area contributed by atoms with Crippen LogP contribution in [0.3, 0.4) is 0 Å². The van der Waals surface area contributed by atoms with Crippen LogP contribution in [0.15, 0.2) is 47.2 Å². The summed E-state index contributed by atoms with van der Waals surface area (Å²) in [6, 6.07) is 7.78. The number of Topliss-reactive ketones (excluding diaryl/α,β-unsaturated/α-hetero) is 2. The molecule has 0 saturated heterocycles. The standard InChI is InChI=1S/C33H40N4O8/c1-36(2)11-10-35-15-16-6-9-23(45-5)19(12-16)18-7-8-22(38)25-20(18)13-17-14-21-27(37(3)4)29(40)26(32(34)43)31(42)33(21,44)30(41)24(17)28(25)39/h6-9,12,17,21,27,35,38-39,42,44H,10-11,13-15H2,1-5H3,(H2,34,43)/t17-,21-,27?,33-/m1/s1. The summed E-state index contributed by atoms with van der Waals surface area (Å²) >= 11 is 0. The number of aliphatic hydroxyl groups excluding tert-OH is 2. The molecule has 0 spiro atoms. The van der Waals surface area contributed by atoms with Crippen molar-refractivity contribution < 1.29 is 39.5 Å². The molecular weight excluding hydrogens is 580 g/mol. The van der Waals surface area contributed by atoms with Crippen molar-refractivity contribution in [1.29, 1.82) is 0 Å². The van der Waals surface area contributed by atoms with Gasteiger partial charge in [-0.15, -0.1) is 0 Å². The Morgan fingerprint density at radius 3 is 2.42 bits per heavy atom. The summed E-state index contributed by atoms with van der Waals surface area (Å²) in [4.78, 5) is 43.2. The second-order valence-electron chi connectivity index (χ2n) is 12.5. The average molecular weight is 621 g/mol. The lowest BCUT2D eigenvalue weighted by Crippen LogP contribution is -2.65. The van der Waals surface area contributed by atoms with E-state index < -0.39 is 58.0 Å². The van der Waals surface area contributed by atoms with Crippen LogP contribution in [0.25, 0.3) is 16.9 Å². The number of phenols is 1. The van der Waals surface area contributed by atoms with E-state index in [-0.39, 0.29) is 29.7 Å². The van der Waals surface area contributed by atoms with Crippen LogP contribution >= 0.6 is 0 Å². The van der Waals surface area contributed by atoms with Gasteiger partial charge in [0.15, 0.2) is 11.4 Å². The van der Waals surface area contributed by atoms with Crippen molar-refractivity contribution in [3.05, 3.63) is 63.9 Å². The van der Waals surface area contributed by atoms with Gasteiger partial charge in [-0.1, -0.05) is 12.1 Å². The Morgan fingerprint density at radius 1 is 1.09 bits per heavy atom. The lowest BCUT2D eigenvalue weighted by molar-refractivity contribution is -0.153.